The molecule has 0 spiro atoms. The van der Waals surface area contributed by atoms with E-state index in [-0.39, 0.29) is 36.3 Å². The van der Waals surface area contributed by atoms with Crippen LogP contribution in [0.2, 0.25) is 20.2 Å². The summed E-state index contributed by atoms with van der Waals surface area (Å²) in [5.74, 6) is -1.96. The Morgan fingerprint density at radius 3 is 2.38 bits per heavy atom. The molecule has 0 aliphatic heterocycles. The van der Waals surface area contributed by atoms with E-state index in [1.54, 1.807) is 0 Å². The van der Waals surface area contributed by atoms with Crippen LogP contribution in [0.4, 0.5) is 5.69 Å². The second-order valence-electron chi connectivity index (χ2n) is 3.69. The molecule has 1 amide bonds. The van der Waals surface area contributed by atoms with Crippen molar-refractivity contribution in [2.45, 2.75) is 0 Å². The highest BCUT2D eigenvalue weighted by molar-refractivity contribution is 7.09. The molecule has 2 N–H and O–H groups in total. The Labute approximate surface area is 142 Å². The van der Waals surface area contributed by atoms with Crippen molar-refractivity contribution in [1.29, 1.82) is 0 Å². The number of carboxylic acid groups (broad SMARTS) is 1. The third-order valence-electron chi connectivity index (χ3n) is 2.33. The third kappa shape index (κ3) is 3.41. The van der Waals surface area contributed by atoms with E-state index in [0.29, 0.717) is 0 Å². The van der Waals surface area contributed by atoms with E-state index in [4.69, 9.17) is 51.5 Å². The molecule has 0 unspecified atom stereocenters. The van der Waals surface area contributed by atoms with Gasteiger partial charge < -0.3 is 10.4 Å². The molecule has 110 valence electrons. The molecule has 21 heavy (non-hydrogen) atoms. The first-order valence-electron chi connectivity index (χ1n) is 5.15. The lowest BCUT2D eigenvalue weighted by atomic mass is 10.1. The highest BCUT2D eigenvalue weighted by Crippen LogP contribution is 2.33. The number of aromatic carboxylic acids is 1. The zero-order valence-corrected chi connectivity index (χ0v) is 13.6. The average Bonchev–Trinajstić information content (AvgIpc) is 2.72. The van der Waals surface area contributed by atoms with Gasteiger partial charge in [0, 0.05) is 5.02 Å². The Kier molecular flexibility index (Phi) is 4.95. The molecule has 0 atom stereocenters. The molecule has 0 aliphatic carbocycles. The normalized spacial score (nSPS) is 10.5. The fourth-order valence-electron chi connectivity index (χ4n) is 1.44. The fourth-order valence-corrected chi connectivity index (χ4v) is 3.09. The van der Waals surface area contributed by atoms with Gasteiger partial charge in [-0.15, -0.1) is 0 Å². The Balaban J connectivity index is 2.42. The molecular weight excluding hydrogens is 382 g/mol. The van der Waals surface area contributed by atoms with Crippen molar-refractivity contribution in [3.63, 3.8) is 0 Å². The molecule has 2 aromatic rings. The summed E-state index contributed by atoms with van der Waals surface area (Å²) in [4.78, 5) is 23.3. The van der Waals surface area contributed by atoms with Gasteiger partial charge in [0.1, 0.15) is 9.90 Å². The SMILES string of the molecule is O=C(O)c1cc(Cl)cc(Cl)c1NC(=O)c1snc(Cl)c1Cl. The number of carboxylic acids is 1. The molecule has 0 fully saturated rings. The van der Waals surface area contributed by atoms with E-state index in [0.717, 1.165) is 11.5 Å². The standard InChI is InChI=1S/C11H4Cl4N2O3S/c12-3-1-4(11(19)20)7(5(13)2-3)16-10(18)8-6(14)9(15)17-21-8/h1-2H,(H,16,18)(H,19,20). The lowest BCUT2D eigenvalue weighted by molar-refractivity contribution is 0.0698. The van der Waals surface area contributed by atoms with Crippen molar-refractivity contribution < 1.29 is 14.7 Å². The third-order valence-corrected chi connectivity index (χ3v) is 4.64. The minimum atomic E-state index is -1.29. The van der Waals surface area contributed by atoms with Gasteiger partial charge in [0.15, 0.2) is 5.15 Å². The van der Waals surface area contributed by atoms with E-state index in [2.05, 4.69) is 9.69 Å². The van der Waals surface area contributed by atoms with Crippen molar-refractivity contribution >= 4 is 75.5 Å². The zero-order chi connectivity index (χ0) is 15.7. The summed E-state index contributed by atoms with van der Waals surface area (Å²) in [5.41, 5.74) is -0.327. The van der Waals surface area contributed by atoms with Crippen LogP contribution < -0.4 is 5.32 Å². The van der Waals surface area contributed by atoms with Crippen LogP contribution in [-0.2, 0) is 0 Å². The first kappa shape index (κ1) is 16.3. The van der Waals surface area contributed by atoms with Crippen LogP contribution in [-0.4, -0.2) is 21.4 Å². The largest absolute Gasteiger partial charge is 0.478 e. The van der Waals surface area contributed by atoms with E-state index in [9.17, 15) is 9.59 Å². The summed E-state index contributed by atoms with van der Waals surface area (Å²) in [6.45, 7) is 0. The second kappa shape index (κ2) is 6.37. The number of halogens is 4. The molecule has 0 aliphatic rings. The molecule has 5 nitrogen and oxygen atoms in total. The van der Waals surface area contributed by atoms with E-state index in [1.807, 2.05) is 0 Å². The number of aromatic nitrogens is 1. The molecule has 2 rings (SSSR count). The summed E-state index contributed by atoms with van der Waals surface area (Å²) in [6.07, 6.45) is 0. The lowest BCUT2D eigenvalue weighted by Gasteiger charge is -2.10. The summed E-state index contributed by atoms with van der Waals surface area (Å²) in [5, 5.41) is 11.6. The molecule has 0 bridgehead atoms. The predicted octanol–water partition coefficient (Wildman–Crippen LogP) is 4.71. The number of rotatable bonds is 3. The molecule has 0 saturated heterocycles. The first-order chi connectivity index (χ1) is 9.81. The monoisotopic (exact) mass is 384 g/mol. The van der Waals surface area contributed by atoms with Crippen LogP contribution in [0.1, 0.15) is 20.0 Å². The number of carbonyl (C=O) groups is 2. The van der Waals surface area contributed by atoms with Crippen LogP contribution in [0.25, 0.3) is 0 Å². The van der Waals surface area contributed by atoms with Crippen molar-refractivity contribution in [3.05, 3.63) is 42.8 Å². The number of hydrogen-bond donors (Lipinski definition) is 2. The summed E-state index contributed by atoms with van der Waals surface area (Å²) >= 11 is 23.9. The summed E-state index contributed by atoms with van der Waals surface area (Å²) in [6, 6.07) is 2.49. The van der Waals surface area contributed by atoms with Crippen LogP contribution in [0.5, 0.6) is 0 Å². The molecule has 10 heteroatoms. The van der Waals surface area contributed by atoms with Gasteiger partial charge in [0.2, 0.25) is 0 Å². The first-order valence-corrected chi connectivity index (χ1v) is 7.44. The number of nitrogens with zero attached hydrogens (tertiary/aromatic N) is 1. The Morgan fingerprint density at radius 1 is 1.19 bits per heavy atom. The van der Waals surface area contributed by atoms with Gasteiger partial charge in [-0.3, -0.25) is 4.79 Å². The summed E-state index contributed by atoms with van der Waals surface area (Å²) < 4.78 is 3.72. The van der Waals surface area contributed by atoms with Gasteiger partial charge in [-0.05, 0) is 23.7 Å². The molecule has 0 radical (unpaired) electrons. The highest BCUT2D eigenvalue weighted by Gasteiger charge is 2.22. The van der Waals surface area contributed by atoms with Crippen LogP contribution in [0, 0.1) is 0 Å². The highest BCUT2D eigenvalue weighted by atomic mass is 35.5. The van der Waals surface area contributed by atoms with Crippen LogP contribution in [0.3, 0.4) is 0 Å². The van der Waals surface area contributed by atoms with Crippen LogP contribution >= 0.6 is 57.9 Å². The predicted molar refractivity (Wildman–Crippen MR) is 83.5 cm³/mol. The maximum Gasteiger partial charge on any atom is 0.337 e. The molecule has 0 saturated carbocycles. The minimum Gasteiger partial charge on any atom is -0.478 e. The average molecular weight is 386 g/mol. The number of benzene rings is 1. The van der Waals surface area contributed by atoms with Gasteiger partial charge in [0.05, 0.1) is 16.3 Å². The van der Waals surface area contributed by atoms with Crippen molar-refractivity contribution in [1.82, 2.24) is 4.37 Å². The van der Waals surface area contributed by atoms with Gasteiger partial charge in [-0.25, -0.2) is 4.79 Å². The Bertz CT molecular complexity index is 747. The maximum atomic E-state index is 12.1. The van der Waals surface area contributed by atoms with E-state index in [1.165, 1.54) is 12.1 Å². The lowest BCUT2D eigenvalue weighted by Crippen LogP contribution is -2.14. The number of anilines is 1. The van der Waals surface area contributed by atoms with Crippen molar-refractivity contribution in [3.8, 4) is 0 Å². The van der Waals surface area contributed by atoms with Crippen molar-refractivity contribution in [2.75, 3.05) is 5.32 Å². The number of nitrogens with one attached hydrogen (secondary N) is 1. The van der Waals surface area contributed by atoms with Gasteiger partial charge in [-0.1, -0.05) is 46.4 Å². The Hall–Kier alpha value is -1.05. The zero-order valence-electron chi connectivity index (χ0n) is 9.79. The second-order valence-corrected chi connectivity index (χ2v) is 6.04. The van der Waals surface area contributed by atoms with E-state index >= 15 is 0 Å². The Morgan fingerprint density at radius 2 is 1.86 bits per heavy atom. The van der Waals surface area contributed by atoms with E-state index < -0.39 is 11.9 Å². The molecule has 1 heterocycles. The molecule has 1 aromatic carbocycles. The van der Waals surface area contributed by atoms with Crippen molar-refractivity contribution in [2.24, 2.45) is 0 Å². The quantitative estimate of drug-likeness (QED) is 0.801. The fraction of sp³-hybridized carbons (Fsp3) is 0. The maximum absolute atomic E-state index is 12.1. The molecular formula is C11H4Cl4N2O3S. The smallest absolute Gasteiger partial charge is 0.337 e. The van der Waals surface area contributed by atoms with Gasteiger partial charge >= 0.3 is 5.97 Å². The minimum absolute atomic E-state index is 0.00697. The number of carbonyl (C=O) groups excluding carboxylic acids is 1. The molecule has 1 aromatic heterocycles. The van der Waals surface area contributed by atoms with Gasteiger partial charge in [0.25, 0.3) is 5.91 Å². The summed E-state index contributed by atoms with van der Waals surface area (Å²) in [7, 11) is 0. The van der Waals surface area contributed by atoms with Gasteiger partial charge in [-0.2, -0.15) is 4.37 Å². The topological polar surface area (TPSA) is 79.3 Å². The number of amides is 1. The number of hydrogen-bond acceptors (Lipinski definition) is 4. The van der Waals surface area contributed by atoms with Crippen LogP contribution in [0.15, 0.2) is 12.1 Å².